The predicted octanol–water partition coefficient (Wildman–Crippen LogP) is 7.69. The van der Waals surface area contributed by atoms with Crippen LogP contribution in [0, 0.1) is 0 Å². The number of benzene rings is 2. The van der Waals surface area contributed by atoms with Crippen LogP contribution in [0.2, 0.25) is 0 Å². The zero-order valence-corrected chi connectivity index (χ0v) is 30.5. The van der Waals surface area contributed by atoms with E-state index in [9.17, 15) is 45.5 Å². The summed E-state index contributed by atoms with van der Waals surface area (Å²) >= 11 is 0. The summed E-state index contributed by atoms with van der Waals surface area (Å²) in [6.07, 6.45) is -8.67. The van der Waals surface area contributed by atoms with Gasteiger partial charge in [0.15, 0.2) is 0 Å². The van der Waals surface area contributed by atoms with E-state index in [0.717, 1.165) is 35.4 Å². The highest BCUT2D eigenvalue weighted by atomic mass is 36.0. The molecule has 4 N–H and O–H groups in total. The fraction of sp³-hybridized carbons (Fsp3) is 0.235. The molecule has 2 aromatic carbocycles. The average Bonchev–Trinajstić information content (AvgIpc) is 3.13. The fourth-order valence-electron chi connectivity index (χ4n) is 3.51. The number of esters is 1. The number of aliphatic hydroxyl groups excluding tert-OH is 1. The number of carboxylic acid groups (broad SMARTS) is 1. The number of carbonyl (C=O) groups is 4. The maximum Gasteiger partial charge on any atom is 0.417 e. The van der Waals surface area contributed by atoms with Crippen LogP contribution in [0.25, 0.3) is 0 Å². The summed E-state index contributed by atoms with van der Waals surface area (Å²) < 4.78 is 87.9. The number of ether oxygens (including phenoxy) is 1. The lowest BCUT2D eigenvalue weighted by Gasteiger charge is -2.08. The Kier molecular flexibility index (Phi) is 21.8. The van der Waals surface area contributed by atoms with Crippen molar-refractivity contribution in [2.24, 2.45) is 0 Å². The molecule has 0 radical (unpaired) electrons. The van der Waals surface area contributed by atoms with Gasteiger partial charge < -0.3 is 25.6 Å². The summed E-state index contributed by atoms with van der Waals surface area (Å²) in [5, 5.41) is 21.4. The smallest absolute Gasteiger partial charge is 0.417 e. The van der Waals surface area contributed by atoms with Crippen LogP contribution in [0.15, 0.2) is 97.3 Å². The second kappa shape index (κ2) is 25.1. The summed E-state index contributed by atoms with van der Waals surface area (Å²) in [5.74, 6) is -2.91. The molecule has 2 heterocycles. The van der Waals surface area contributed by atoms with E-state index < -0.39 is 56.5 Å². The Hall–Kier alpha value is -5.11. The number of hydrogen-bond donors (Lipinski definition) is 4. The first-order valence-electron chi connectivity index (χ1n) is 15.3. The van der Waals surface area contributed by atoms with E-state index in [1.54, 1.807) is 12.1 Å². The minimum Gasteiger partial charge on any atom is -0.481 e. The van der Waals surface area contributed by atoms with E-state index in [1.807, 2.05) is 48.5 Å². The molecule has 0 saturated carbocycles. The number of hydrogen-bond acceptors (Lipinski definition) is 9. The molecule has 4 rings (SSSR count). The van der Waals surface area contributed by atoms with E-state index >= 15 is 0 Å². The van der Waals surface area contributed by atoms with Crippen molar-refractivity contribution in [2.75, 3.05) is 10.6 Å². The molecule has 0 aliphatic carbocycles. The molecule has 0 spiro atoms. The lowest BCUT2D eigenvalue weighted by atomic mass is 10.2. The summed E-state index contributed by atoms with van der Waals surface area (Å²) in [7, 11) is 7.36. The highest BCUT2D eigenvalue weighted by Gasteiger charge is 2.31. The zero-order valence-electron chi connectivity index (χ0n) is 28.2. The monoisotopic (exact) mass is 840 g/mol. The Bertz CT molecular complexity index is 1790. The van der Waals surface area contributed by atoms with E-state index in [1.165, 1.54) is 0 Å². The van der Waals surface area contributed by atoms with Crippen molar-refractivity contribution >= 4 is 66.0 Å². The van der Waals surface area contributed by atoms with E-state index in [2.05, 4.69) is 42.0 Å². The van der Waals surface area contributed by atoms with Crippen LogP contribution in [0.1, 0.15) is 47.9 Å². The van der Waals surface area contributed by atoms with Gasteiger partial charge in [0, 0.05) is 46.6 Å². The van der Waals surface area contributed by atoms with Crippen molar-refractivity contribution in [2.45, 2.75) is 51.2 Å². The Balaban J connectivity index is 0.000000435. The van der Waals surface area contributed by atoms with Crippen molar-refractivity contribution in [1.29, 1.82) is 0 Å². The number of aromatic nitrogens is 2. The SMILES string of the molecule is O=C(CCC(=O)OCc1ccccc1)Nc1ccc(C(F)(F)F)cn1.O=C(O)CCC(=O)Nc1ccc(C(F)(F)F)cn1.O=S(Cl)Cl.OCc1ccccc1. The van der Waals surface area contributed by atoms with Gasteiger partial charge in [-0.25, -0.2) is 14.2 Å². The van der Waals surface area contributed by atoms with Crippen LogP contribution in [-0.4, -0.2) is 48.1 Å². The summed E-state index contributed by atoms with van der Waals surface area (Å²) in [5.41, 5.74) is -0.0391. The molecule has 0 atom stereocenters. The number of carboxylic acids is 1. The van der Waals surface area contributed by atoms with E-state index in [0.29, 0.717) is 12.4 Å². The van der Waals surface area contributed by atoms with Crippen LogP contribution in [0.4, 0.5) is 38.0 Å². The average molecular weight is 842 g/mol. The van der Waals surface area contributed by atoms with Gasteiger partial charge in [-0.2, -0.15) is 26.3 Å². The first kappa shape index (κ1) is 47.9. The zero-order chi connectivity index (χ0) is 41.4. The van der Waals surface area contributed by atoms with Crippen molar-refractivity contribution in [3.05, 3.63) is 120 Å². The number of aliphatic carboxylic acids is 1. The second-order valence-corrected chi connectivity index (χ2v) is 12.8. The number of aliphatic hydroxyl groups is 1. The van der Waals surface area contributed by atoms with E-state index in [-0.39, 0.29) is 50.5 Å². The maximum atomic E-state index is 12.4. The van der Waals surface area contributed by atoms with Gasteiger partial charge in [-0.05, 0) is 35.4 Å². The first-order chi connectivity index (χ1) is 25.8. The molecule has 4 aromatic rings. The summed E-state index contributed by atoms with van der Waals surface area (Å²) in [6.45, 7) is 0.253. The highest BCUT2D eigenvalue weighted by Crippen LogP contribution is 2.29. The molecule has 298 valence electrons. The Morgan fingerprint density at radius 1 is 0.655 bits per heavy atom. The second-order valence-electron chi connectivity index (χ2n) is 10.3. The molecule has 2 amide bonds. The molecule has 55 heavy (non-hydrogen) atoms. The number of nitrogens with one attached hydrogen (secondary N) is 2. The van der Waals surface area contributed by atoms with Gasteiger partial charge in [-0.15, -0.1) is 0 Å². The number of rotatable bonds is 11. The molecule has 21 heteroatoms. The van der Waals surface area contributed by atoms with Crippen molar-refractivity contribution < 1.29 is 64.7 Å². The third-order valence-electron chi connectivity index (χ3n) is 6.11. The van der Waals surface area contributed by atoms with Gasteiger partial charge in [0.25, 0.3) is 0 Å². The predicted molar refractivity (Wildman–Crippen MR) is 190 cm³/mol. The highest BCUT2D eigenvalue weighted by molar-refractivity contribution is 8.26. The normalized spacial score (nSPS) is 10.6. The Morgan fingerprint density at radius 3 is 1.38 bits per heavy atom. The summed E-state index contributed by atoms with van der Waals surface area (Å²) in [4.78, 5) is 51.6. The van der Waals surface area contributed by atoms with Gasteiger partial charge in [-0.1, -0.05) is 60.7 Å². The van der Waals surface area contributed by atoms with Crippen LogP contribution in [0.3, 0.4) is 0 Å². The van der Waals surface area contributed by atoms with Crippen molar-refractivity contribution in [1.82, 2.24) is 9.97 Å². The molecular weight excluding hydrogens is 809 g/mol. The van der Waals surface area contributed by atoms with Gasteiger partial charge >= 0.3 is 24.3 Å². The standard InChI is InChI=1S/C17H15F3N2O3.C10H9F3N2O3.C7H8O.Cl2OS/c18-17(19,20)13-6-7-14(21-10-13)22-15(23)8-9-16(24)25-11-12-4-2-1-3-5-12;11-10(12,13)6-1-2-7(14-5-6)15-8(16)3-4-9(17)18;8-6-7-4-2-1-3-5-7;1-4(2)3/h1-7,10H,8-9,11H2,(H,21,22,23);1-2,5H,3-4H2,(H,17,18)(H,14,15,16);1-5,8H,6H2;. The molecular formula is C34H32Cl2F6N4O8S. The number of carbonyl (C=O) groups excluding carboxylic acids is 3. The number of amides is 2. The molecule has 0 fully saturated rings. The molecule has 0 bridgehead atoms. The third-order valence-corrected chi connectivity index (χ3v) is 6.11. The lowest BCUT2D eigenvalue weighted by Crippen LogP contribution is -2.15. The molecule has 2 aromatic heterocycles. The van der Waals surface area contributed by atoms with Crippen molar-refractivity contribution in [3.63, 3.8) is 0 Å². The fourth-order valence-corrected chi connectivity index (χ4v) is 3.51. The molecule has 0 saturated heterocycles. The van der Waals surface area contributed by atoms with Gasteiger partial charge in [0.05, 0.1) is 30.6 Å². The molecule has 0 aliphatic heterocycles. The number of nitrogens with zero attached hydrogens (tertiary/aromatic N) is 2. The Morgan fingerprint density at radius 2 is 1.05 bits per heavy atom. The van der Waals surface area contributed by atoms with Gasteiger partial charge in [-0.3, -0.25) is 19.2 Å². The van der Waals surface area contributed by atoms with Gasteiger partial charge in [0.1, 0.15) is 18.2 Å². The third kappa shape index (κ3) is 23.3. The van der Waals surface area contributed by atoms with Crippen LogP contribution in [-0.2, 0) is 58.7 Å². The number of pyridine rings is 2. The van der Waals surface area contributed by atoms with Crippen LogP contribution < -0.4 is 10.6 Å². The van der Waals surface area contributed by atoms with Crippen molar-refractivity contribution in [3.8, 4) is 0 Å². The summed E-state index contributed by atoms with van der Waals surface area (Å²) in [6, 6.07) is 22.2. The maximum absolute atomic E-state index is 12.4. The first-order valence-corrected chi connectivity index (χ1v) is 18.1. The molecule has 0 aliphatic rings. The molecule has 0 unspecified atom stereocenters. The molecule has 12 nitrogen and oxygen atoms in total. The minimum absolute atomic E-state index is 0.0179. The van der Waals surface area contributed by atoms with E-state index in [4.69, 9.17) is 19.2 Å². The Labute approximate surface area is 321 Å². The largest absolute Gasteiger partial charge is 0.481 e. The number of halogens is 8. The van der Waals surface area contributed by atoms with Crippen LogP contribution >= 0.6 is 21.4 Å². The van der Waals surface area contributed by atoms with Gasteiger partial charge in [0.2, 0.25) is 21.0 Å². The number of anilines is 2. The topological polar surface area (TPSA) is 185 Å². The quantitative estimate of drug-likeness (QED) is 0.0663. The van der Waals surface area contributed by atoms with Crippen LogP contribution in [0.5, 0.6) is 0 Å². The number of alkyl halides is 6. The minimum atomic E-state index is -4.49. The lowest BCUT2D eigenvalue weighted by molar-refractivity contribution is -0.146.